The molecule has 2 rings (SSSR count). The van der Waals surface area contributed by atoms with E-state index in [1.807, 2.05) is 6.08 Å². The highest BCUT2D eigenvalue weighted by Gasteiger charge is 2.03. The zero-order valence-electron chi connectivity index (χ0n) is 15.2. The number of hydrogen-bond donors (Lipinski definition) is 0. The van der Waals surface area contributed by atoms with Gasteiger partial charge in [-0.25, -0.2) is 0 Å². The highest BCUT2D eigenvalue weighted by Crippen LogP contribution is 2.20. The van der Waals surface area contributed by atoms with Gasteiger partial charge in [0.05, 0.1) is 0 Å². The van der Waals surface area contributed by atoms with Crippen molar-refractivity contribution in [3.05, 3.63) is 72.3 Å². The first-order valence-electron chi connectivity index (χ1n) is 8.45. The second-order valence-corrected chi connectivity index (χ2v) is 7.18. The summed E-state index contributed by atoms with van der Waals surface area (Å²) in [6.07, 6.45) is 4.09. The van der Waals surface area contributed by atoms with Gasteiger partial charge in [-0.15, -0.1) is 0 Å². The largest absolute Gasteiger partial charge is 0.298 e. The van der Waals surface area contributed by atoms with E-state index in [1.165, 1.54) is 16.7 Å². The van der Waals surface area contributed by atoms with Crippen LogP contribution in [0, 0.1) is 17.3 Å². The average molecular weight is 317 g/mol. The highest BCUT2D eigenvalue weighted by atomic mass is 15.1. The molecule has 0 unspecified atom stereocenters. The minimum Gasteiger partial charge on any atom is -0.298 e. The van der Waals surface area contributed by atoms with Gasteiger partial charge in [-0.3, -0.25) is 4.90 Å². The molecule has 0 aromatic heterocycles. The topological polar surface area (TPSA) is 3.24 Å². The van der Waals surface area contributed by atoms with E-state index in [4.69, 9.17) is 0 Å². The van der Waals surface area contributed by atoms with Gasteiger partial charge in [-0.2, -0.15) is 0 Å². The van der Waals surface area contributed by atoms with E-state index < -0.39 is 0 Å². The predicted octanol–water partition coefficient (Wildman–Crippen LogP) is 5.39. The summed E-state index contributed by atoms with van der Waals surface area (Å²) in [4.78, 5) is 2.29. The maximum absolute atomic E-state index is 3.22. The smallest absolute Gasteiger partial charge is 0.0234 e. The van der Waals surface area contributed by atoms with E-state index in [1.54, 1.807) is 0 Å². The first kappa shape index (κ1) is 18.0. The van der Waals surface area contributed by atoms with Crippen LogP contribution in [0.5, 0.6) is 0 Å². The summed E-state index contributed by atoms with van der Waals surface area (Å²) in [6.45, 7) is 8.20. The third-order valence-electron chi connectivity index (χ3n) is 3.55. The Hall–Kier alpha value is -2.30. The Balaban J connectivity index is 1.93. The lowest BCUT2D eigenvalue weighted by Crippen LogP contribution is -2.17. The van der Waals surface area contributed by atoms with Gasteiger partial charge < -0.3 is 0 Å². The number of hydrogen-bond acceptors (Lipinski definition) is 1. The molecule has 2 aromatic rings. The summed E-state index contributed by atoms with van der Waals surface area (Å²) in [5.74, 6) is 6.33. The van der Waals surface area contributed by atoms with E-state index >= 15 is 0 Å². The maximum Gasteiger partial charge on any atom is 0.0234 e. The van der Waals surface area contributed by atoms with Crippen molar-refractivity contribution in [3.8, 4) is 23.0 Å². The van der Waals surface area contributed by atoms with Crippen molar-refractivity contribution in [2.45, 2.75) is 27.3 Å². The molecule has 1 nitrogen and oxygen atoms in total. The van der Waals surface area contributed by atoms with Crippen LogP contribution in [0.15, 0.2) is 66.7 Å². The molecule has 0 aliphatic heterocycles. The number of allylic oxidation sites excluding steroid dienone is 1. The molecular weight excluding hydrogens is 290 g/mol. The normalized spacial score (nSPS) is 11.5. The fourth-order valence-corrected chi connectivity index (χ4v) is 2.41. The van der Waals surface area contributed by atoms with Gasteiger partial charge in [0, 0.05) is 18.5 Å². The molecule has 0 saturated carbocycles. The van der Waals surface area contributed by atoms with Crippen molar-refractivity contribution < 1.29 is 0 Å². The Labute approximate surface area is 147 Å². The molecule has 24 heavy (non-hydrogen) atoms. The number of nitrogens with zero attached hydrogens (tertiary/aromatic N) is 1. The predicted molar refractivity (Wildman–Crippen MR) is 105 cm³/mol. The molecule has 0 aliphatic rings. The van der Waals surface area contributed by atoms with E-state index in [2.05, 4.69) is 105 Å². The quantitative estimate of drug-likeness (QED) is 0.668. The number of benzene rings is 2. The van der Waals surface area contributed by atoms with Crippen molar-refractivity contribution in [1.82, 2.24) is 4.90 Å². The van der Waals surface area contributed by atoms with E-state index in [0.717, 1.165) is 13.1 Å². The molecule has 2 aromatic carbocycles. The van der Waals surface area contributed by atoms with Crippen LogP contribution < -0.4 is 0 Å². The van der Waals surface area contributed by atoms with Crippen LogP contribution in [-0.2, 0) is 6.54 Å². The van der Waals surface area contributed by atoms with E-state index in [9.17, 15) is 0 Å². The molecule has 124 valence electrons. The summed E-state index contributed by atoms with van der Waals surface area (Å²) < 4.78 is 0. The second-order valence-electron chi connectivity index (χ2n) is 7.18. The van der Waals surface area contributed by atoms with Gasteiger partial charge in [-0.05, 0) is 56.7 Å². The Bertz CT molecular complexity index is 724. The Morgan fingerprint density at radius 1 is 0.958 bits per heavy atom. The molecule has 0 bridgehead atoms. The molecule has 0 amide bonds. The van der Waals surface area contributed by atoms with Gasteiger partial charge in [0.25, 0.3) is 0 Å². The van der Waals surface area contributed by atoms with Crippen LogP contribution in [0.3, 0.4) is 0 Å². The fourth-order valence-electron chi connectivity index (χ4n) is 2.41. The van der Waals surface area contributed by atoms with Gasteiger partial charge >= 0.3 is 0 Å². The van der Waals surface area contributed by atoms with Gasteiger partial charge in [0.15, 0.2) is 0 Å². The van der Waals surface area contributed by atoms with E-state index in [-0.39, 0.29) is 5.41 Å². The van der Waals surface area contributed by atoms with Crippen molar-refractivity contribution in [2.75, 3.05) is 13.6 Å². The molecule has 1 heteroatoms. The molecule has 0 fully saturated rings. The number of likely N-dealkylation sites (N-methyl/N-ethyl adjacent to an activating group) is 1. The number of rotatable bonds is 5. The van der Waals surface area contributed by atoms with Gasteiger partial charge in [-0.1, -0.05) is 66.4 Å². The maximum atomic E-state index is 3.22. The lowest BCUT2D eigenvalue weighted by molar-refractivity contribution is 0.363. The first-order valence-corrected chi connectivity index (χ1v) is 8.45. The van der Waals surface area contributed by atoms with Crippen molar-refractivity contribution in [2.24, 2.45) is 5.41 Å². The van der Waals surface area contributed by atoms with Crippen LogP contribution in [0.1, 0.15) is 26.3 Å². The lowest BCUT2D eigenvalue weighted by atomic mass is 9.98. The molecular formula is C23H27N. The second kappa shape index (κ2) is 8.52. The minimum absolute atomic E-state index is 0.0636. The Kier molecular flexibility index (Phi) is 6.41. The molecule has 0 heterocycles. The monoisotopic (exact) mass is 317 g/mol. The molecule has 0 atom stereocenters. The first-order chi connectivity index (χ1) is 11.4. The van der Waals surface area contributed by atoms with Crippen LogP contribution >= 0.6 is 0 Å². The van der Waals surface area contributed by atoms with Crippen LogP contribution in [0.25, 0.3) is 11.1 Å². The Morgan fingerprint density at radius 3 is 2.38 bits per heavy atom. The SMILES string of the molecule is CN(C/C=C\C#CC(C)(C)C)Cc1cccc(-c2ccccc2)c1. The van der Waals surface area contributed by atoms with Crippen molar-refractivity contribution in [1.29, 1.82) is 0 Å². The minimum atomic E-state index is 0.0636. The summed E-state index contributed by atoms with van der Waals surface area (Å²) in [7, 11) is 2.14. The van der Waals surface area contributed by atoms with Crippen molar-refractivity contribution >= 4 is 0 Å². The van der Waals surface area contributed by atoms with Crippen LogP contribution in [0.2, 0.25) is 0 Å². The average Bonchev–Trinajstić information content (AvgIpc) is 2.54. The zero-order chi connectivity index (χ0) is 17.4. The molecule has 0 radical (unpaired) electrons. The highest BCUT2D eigenvalue weighted by molar-refractivity contribution is 5.63. The van der Waals surface area contributed by atoms with Gasteiger partial charge in [0.2, 0.25) is 0 Å². The summed E-state index contributed by atoms with van der Waals surface area (Å²) in [6, 6.07) is 19.3. The Morgan fingerprint density at radius 2 is 1.67 bits per heavy atom. The lowest BCUT2D eigenvalue weighted by Gasteiger charge is -2.15. The molecule has 0 saturated heterocycles. The zero-order valence-corrected chi connectivity index (χ0v) is 15.2. The summed E-state index contributed by atoms with van der Waals surface area (Å²) in [5.41, 5.74) is 3.93. The third kappa shape index (κ3) is 6.44. The van der Waals surface area contributed by atoms with Crippen molar-refractivity contribution in [3.63, 3.8) is 0 Å². The molecule has 0 aliphatic carbocycles. The molecule has 0 spiro atoms. The van der Waals surface area contributed by atoms with Crippen LogP contribution in [-0.4, -0.2) is 18.5 Å². The molecule has 0 N–H and O–H groups in total. The van der Waals surface area contributed by atoms with E-state index in [0.29, 0.717) is 0 Å². The van der Waals surface area contributed by atoms with Gasteiger partial charge in [0.1, 0.15) is 0 Å². The standard InChI is InChI=1S/C23H27N/c1-23(2,3)16-9-6-10-17-24(4)19-20-12-11-15-22(18-20)21-13-7-5-8-14-21/h5-8,10-15,18H,17,19H2,1-4H3/b10-6-. The fraction of sp³-hybridized carbons (Fsp3) is 0.304. The van der Waals surface area contributed by atoms with Crippen LogP contribution in [0.4, 0.5) is 0 Å². The summed E-state index contributed by atoms with van der Waals surface area (Å²) >= 11 is 0. The third-order valence-corrected chi connectivity index (χ3v) is 3.55. The summed E-state index contributed by atoms with van der Waals surface area (Å²) in [5, 5.41) is 0.